The van der Waals surface area contributed by atoms with Gasteiger partial charge in [-0.05, 0) is 46.3 Å². The number of thiazole rings is 1. The van der Waals surface area contributed by atoms with Gasteiger partial charge in [-0.3, -0.25) is 4.98 Å². The third-order valence-corrected chi connectivity index (χ3v) is 3.92. The molecule has 19 heavy (non-hydrogen) atoms. The van der Waals surface area contributed by atoms with E-state index in [1.54, 1.807) is 35.9 Å². The van der Waals surface area contributed by atoms with E-state index in [9.17, 15) is 4.39 Å². The molecule has 3 rings (SSSR count). The first-order valence-electron chi connectivity index (χ1n) is 5.55. The van der Waals surface area contributed by atoms with Gasteiger partial charge in [-0.2, -0.15) is 0 Å². The molecule has 0 N–H and O–H groups in total. The van der Waals surface area contributed by atoms with E-state index in [-0.39, 0.29) is 5.82 Å². The van der Waals surface area contributed by atoms with Gasteiger partial charge in [-0.25, -0.2) is 9.37 Å². The van der Waals surface area contributed by atoms with E-state index in [2.05, 4.69) is 25.9 Å². The molecule has 0 aliphatic rings. The zero-order valence-corrected chi connectivity index (χ0v) is 12.1. The third-order valence-electron chi connectivity index (χ3n) is 2.60. The summed E-state index contributed by atoms with van der Waals surface area (Å²) in [7, 11) is 0. The minimum Gasteiger partial charge on any atom is -0.263 e. The molecule has 0 atom stereocenters. The summed E-state index contributed by atoms with van der Waals surface area (Å²) in [5.41, 5.74) is 2.72. The van der Waals surface area contributed by atoms with Crippen molar-refractivity contribution >= 4 is 27.3 Å². The normalized spacial score (nSPS) is 10.6. The van der Waals surface area contributed by atoms with Crippen LogP contribution in [0.4, 0.5) is 4.39 Å². The van der Waals surface area contributed by atoms with E-state index in [0.717, 1.165) is 26.3 Å². The second-order valence-electron chi connectivity index (χ2n) is 3.94. The molecule has 0 aliphatic carbocycles. The van der Waals surface area contributed by atoms with E-state index >= 15 is 0 Å². The Morgan fingerprint density at radius 3 is 2.58 bits per heavy atom. The molecule has 2 nitrogen and oxygen atoms in total. The summed E-state index contributed by atoms with van der Waals surface area (Å²) in [6, 6.07) is 8.31. The first-order valence-corrected chi connectivity index (χ1v) is 7.22. The van der Waals surface area contributed by atoms with Crippen molar-refractivity contribution in [1.29, 1.82) is 0 Å². The predicted octanol–water partition coefficient (Wildman–Crippen LogP) is 4.77. The van der Waals surface area contributed by atoms with Gasteiger partial charge in [0, 0.05) is 33.4 Å². The molecule has 0 saturated carbocycles. The summed E-state index contributed by atoms with van der Waals surface area (Å²) in [5.74, 6) is -0.240. The molecule has 2 aromatic heterocycles. The third kappa shape index (κ3) is 2.72. The number of pyridine rings is 1. The molecule has 0 amide bonds. The van der Waals surface area contributed by atoms with Crippen LogP contribution in [0.3, 0.4) is 0 Å². The minimum absolute atomic E-state index is 0.240. The molecule has 94 valence electrons. The molecule has 5 heteroatoms. The first-order chi connectivity index (χ1) is 9.22. The van der Waals surface area contributed by atoms with Crippen LogP contribution in [0.1, 0.15) is 0 Å². The average Bonchev–Trinajstić information content (AvgIpc) is 2.89. The Balaban J connectivity index is 1.97. The summed E-state index contributed by atoms with van der Waals surface area (Å²) < 4.78 is 13.8. The molecule has 0 bridgehead atoms. The number of rotatable bonds is 2. The molecular formula is C14H8BrFN2S. The Morgan fingerprint density at radius 2 is 1.84 bits per heavy atom. The molecule has 0 radical (unpaired) electrons. The van der Waals surface area contributed by atoms with Crippen molar-refractivity contribution in [3.05, 3.63) is 58.4 Å². The Bertz CT molecular complexity index is 709. The predicted molar refractivity (Wildman–Crippen MR) is 78.4 cm³/mol. The van der Waals surface area contributed by atoms with Gasteiger partial charge in [0.1, 0.15) is 10.8 Å². The van der Waals surface area contributed by atoms with Crippen LogP contribution in [0.25, 0.3) is 21.8 Å². The van der Waals surface area contributed by atoms with Crippen LogP contribution in [0.5, 0.6) is 0 Å². The van der Waals surface area contributed by atoms with Gasteiger partial charge in [0.05, 0.1) is 5.69 Å². The van der Waals surface area contributed by atoms with Crippen LogP contribution >= 0.6 is 27.3 Å². The molecule has 0 unspecified atom stereocenters. The SMILES string of the molecule is Fc1ccc(-c2csc(-c3cncc(Br)c3)n2)cc1. The lowest BCUT2D eigenvalue weighted by atomic mass is 10.2. The van der Waals surface area contributed by atoms with Crippen molar-refractivity contribution in [3.63, 3.8) is 0 Å². The highest BCUT2D eigenvalue weighted by atomic mass is 79.9. The van der Waals surface area contributed by atoms with Crippen LogP contribution in [0.2, 0.25) is 0 Å². The lowest BCUT2D eigenvalue weighted by molar-refractivity contribution is 0.628. The van der Waals surface area contributed by atoms with Gasteiger partial charge in [-0.15, -0.1) is 11.3 Å². The van der Waals surface area contributed by atoms with Crippen molar-refractivity contribution in [2.45, 2.75) is 0 Å². The Kier molecular flexibility index (Phi) is 3.40. The maximum atomic E-state index is 12.9. The zero-order chi connectivity index (χ0) is 13.2. The first kappa shape index (κ1) is 12.4. The molecule has 3 aromatic rings. The van der Waals surface area contributed by atoms with Crippen molar-refractivity contribution in [2.75, 3.05) is 0 Å². The Labute approximate surface area is 122 Å². The molecule has 1 aromatic carbocycles. The second-order valence-corrected chi connectivity index (χ2v) is 5.71. The number of nitrogens with zero attached hydrogens (tertiary/aromatic N) is 2. The summed E-state index contributed by atoms with van der Waals surface area (Å²) in [5, 5.41) is 2.86. The molecule has 0 spiro atoms. The largest absolute Gasteiger partial charge is 0.263 e. The van der Waals surface area contributed by atoms with E-state index < -0.39 is 0 Å². The fraction of sp³-hybridized carbons (Fsp3) is 0. The van der Waals surface area contributed by atoms with Gasteiger partial charge in [0.25, 0.3) is 0 Å². The number of benzene rings is 1. The standard InChI is InChI=1S/C14H8BrFN2S/c15-11-5-10(6-17-7-11)14-18-13(8-19-14)9-1-3-12(16)4-2-9/h1-8H. The van der Waals surface area contributed by atoms with Crippen LogP contribution in [-0.2, 0) is 0 Å². The van der Waals surface area contributed by atoms with Gasteiger partial charge in [0.2, 0.25) is 0 Å². The monoisotopic (exact) mass is 334 g/mol. The van der Waals surface area contributed by atoms with E-state index in [1.807, 2.05) is 11.4 Å². The lowest BCUT2D eigenvalue weighted by Crippen LogP contribution is -1.81. The van der Waals surface area contributed by atoms with Crippen molar-refractivity contribution < 1.29 is 4.39 Å². The fourth-order valence-corrected chi connectivity index (χ4v) is 2.86. The number of hydrogen-bond donors (Lipinski definition) is 0. The lowest BCUT2D eigenvalue weighted by Gasteiger charge is -1.97. The average molecular weight is 335 g/mol. The Morgan fingerprint density at radius 1 is 1.05 bits per heavy atom. The highest BCUT2D eigenvalue weighted by Crippen LogP contribution is 2.29. The summed E-state index contributed by atoms with van der Waals surface area (Å²) in [4.78, 5) is 8.68. The van der Waals surface area contributed by atoms with Crippen molar-refractivity contribution in [2.24, 2.45) is 0 Å². The van der Waals surface area contributed by atoms with Crippen LogP contribution in [-0.4, -0.2) is 9.97 Å². The maximum Gasteiger partial charge on any atom is 0.125 e. The van der Waals surface area contributed by atoms with Crippen LogP contribution in [0, 0.1) is 5.82 Å². The highest BCUT2D eigenvalue weighted by Gasteiger charge is 2.07. The number of hydrogen-bond acceptors (Lipinski definition) is 3. The molecule has 0 fully saturated rings. The second kappa shape index (κ2) is 5.19. The van der Waals surface area contributed by atoms with Gasteiger partial charge in [0.15, 0.2) is 0 Å². The summed E-state index contributed by atoms with van der Waals surface area (Å²) in [6.07, 6.45) is 3.51. The van der Waals surface area contributed by atoms with Crippen LogP contribution < -0.4 is 0 Å². The van der Waals surface area contributed by atoms with E-state index in [4.69, 9.17) is 0 Å². The molecule has 0 aliphatic heterocycles. The van der Waals surface area contributed by atoms with Gasteiger partial charge >= 0.3 is 0 Å². The quantitative estimate of drug-likeness (QED) is 0.674. The van der Waals surface area contributed by atoms with E-state index in [1.165, 1.54) is 12.1 Å². The highest BCUT2D eigenvalue weighted by molar-refractivity contribution is 9.10. The molecule has 0 saturated heterocycles. The number of aromatic nitrogens is 2. The molecular weight excluding hydrogens is 327 g/mol. The van der Waals surface area contributed by atoms with Crippen molar-refractivity contribution in [1.82, 2.24) is 9.97 Å². The fourth-order valence-electron chi connectivity index (χ4n) is 1.69. The Hall–Kier alpha value is -1.59. The van der Waals surface area contributed by atoms with Gasteiger partial charge < -0.3 is 0 Å². The minimum atomic E-state index is -0.240. The smallest absolute Gasteiger partial charge is 0.125 e. The van der Waals surface area contributed by atoms with Gasteiger partial charge in [-0.1, -0.05) is 0 Å². The van der Waals surface area contributed by atoms with Crippen LogP contribution in [0.15, 0.2) is 52.6 Å². The van der Waals surface area contributed by atoms with Crippen molar-refractivity contribution in [3.8, 4) is 21.8 Å². The zero-order valence-electron chi connectivity index (χ0n) is 9.68. The number of halogens is 2. The maximum absolute atomic E-state index is 12.9. The summed E-state index contributed by atoms with van der Waals surface area (Å²) >= 11 is 4.94. The topological polar surface area (TPSA) is 25.8 Å². The van der Waals surface area contributed by atoms with E-state index in [0.29, 0.717) is 0 Å². The summed E-state index contributed by atoms with van der Waals surface area (Å²) in [6.45, 7) is 0. The molecule has 2 heterocycles.